The maximum absolute atomic E-state index is 5.57. The van der Waals surface area contributed by atoms with Crippen molar-refractivity contribution >= 4 is 0 Å². The van der Waals surface area contributed by atoms with Crippen LogP contribution in [0, 0.1) is 0 Å². The van der Waals surface area contributed by atoms with Crippen molar-refractivity contribution in [2.45, 2.75) is 46.4 Å². The Hall–Kier alpha value is -0.0800. The molecule has 0 aromatic rings. The van der Waals surface area contributed by atoms with Gasteiger partial charge in [-0.05, 0) is 34.2 Å². The Bertz CT molecular complexity index is 89.3. The second kappa shape index (κ2) is 3.94. The average molecular weight is 145 g/mol. The molecule has 0 aromatic carbocycles. The van der Waals surface area contributed by atoms with E-state index < -0.39 is 0 Å². The summed E-state index contributed by atoms with van der Waals surface area (Å²) >= 11 is 0. The Morgan fingerprint density at radius 3 is 2.20 bits per heavy atom. The molecule has 0 rings (SSSR count). The normalized spacial score (nSPS) is 12.6. The fourth-order valence-corrected chi connectivity index (χ4v) is 1.06. The van der Waals surface area contributed by atoms with Crippen molar-refractivity contribution in [3.05, 3.63) is 0 Å². The lowest BCUT2D eigenvalue weighted by atomic mass is 10.3. The van der Waals surface area contributed by atoms with E-state index in [0.29, 0.717) is 0 Å². The predicted molar refractivity (Wildman–Crippen MR) is 44.0 cm³/mol. The monoisotopic (exact) mass is 145 g/mol. The molecule has 0 aliphatic rings. The molecule has 1 N–H and O–H groups in total. The van der Waals surface area contributed by atoms with Crippen LogP contribution in [-0.2, 0) is 4.74 Å². The molecule has 0 spiro atoms. The summed E-state index contributed by atoms with van der Waals surface area (Å²) in [6.45, 7) is 11.2. The molecule has 10 heavy (non-hydrogen) atoms. The van der Waals surface area contributed by atoms with E-state index in [0.717, 1.165) is 6.54 Å². The number of hydrogen-bond donors (Lipinski definition) is 1. The second-order valence-electron chi connectivity index (χ2n) is 3.21. The molecule has 0 amide bonds. The first-order valence-electron chi connectivity index (χ1n) is 3.91. The second-order valence-corrected chi connectivity index (χ2v) is 3.21. The van der Waals surface area contributed by atoms with E-state index >= 15 is 0 Å². The molecule has 0 heterocycles. The van der Waals surface area contributed by atoms with E-state index in [2.05, 4.69) is 12.2 Å². The quantitative estimate of drug-likeness (QED) is 0.609. The van der Waals surface area contributed by atoms with Crippen molar-refractivity contribution in [2.75, 3.05) is 6.54 Å². The molecule has 0 unspecified atom stereocenters. The predicted octanol–water partition coefficient (Wildman–Crippen LogP) is 1.76. The average Bonchev–Trinajstić information content (AvgIpc) is 1.59. The van der Waals surface area contributed by atoms with Crippen molar-refractivity contribution in [1.29, 1.82) is 0 Å². The first kappa shape index (κ1) is 9.92. The van der Waals surface area contributed by atoms with Gasteiger partial charge in [0, 0.05) is 0 Å². The van der Waals surface area contributed by atoms with Crippen molar-refractivity contribution in [2.24, 2.45) is 0 Å². The lowest BCUT2D eigenvalue weighted by molar-refractivity contribution is -0.0762. The van der Waals surface area contributed by atoms with Gasteiger partial charge in [0.2, 0.25) is 0 Å². The molecule has 0 aromatic heterocycles. The molecule has 62 valence electrons. The molecular formula is C8H19NO. The van der Waals surface area contributed by atoms with E-state index in [9.17, 15) is 0 Å². The van der Waals surface area contributed by atoms with Crippen LogP contribution in [0.25, 0.3) is 0 Å². The fourth-order valence-electron chi connectivity index (χ4n) is 1.06. The number of rotatable bonds is 4. The Labute approximate surface area is 64.0 Å². The van der Waals surface area contributed by atoms with Crippen molar-refractivity contribution in [3.8, 4) is 0 Å². The molecule has 0 saturated carbocycles. The zero-order valence-electron chi connectivity index (χ0n) is 7.69. The third-order valence-electron chi connectivity index (χ3n) is 1.13. The zero-order valence-corrected chi connectivity index (χ0v) is 7.69. The van der Waals surface area contributed by atoms with Crippen LogP contribution in [0.1, 0.15) is 34.6 Å². The maximum atomic E-state index is 5.57. The SMILES string of the molecule is CCNC(C)(C)OC(C)C. The summed E-state index contributed by atoms with van der Waals surface area (Å²) in [6.07, 6.45) is 0.286. The van der Waals surface area contributed by atoms with Crippen molar-refractivity contribution < 1.29 is 4.74 Å². The minimum absolute atomic E-state index is 0.178. The van der Waals surface area contributed by atoms with Gasteiger partial charge in [0.05, 0.1) is 6.10 Å². The zero-order chi connectivity index (χ0) is 8.20. The third kappa shape index (κ3) is 4.77. The third-order valence-corrected chi connectivity index (χ3v) is 1.13. The molecule has 0 fully saturated rings. The highest BCUT2D eigenvalue weighted by Gasteiger charge is 2.16. The topological polar surface area (TPSA) is 21.3 Å². The number of nitrogens with one attached hydrogen (secondary N) is 1. The first-order valence-corrected chi connectivity index (χ1v) is 3.91. The highest BCUT2D eigenvalue weighted by molar-refractivity contribution is 4.64. The number of hydrogen-bond acceptors (Lipinski definition) is 2. The molecular weight excluding hydrogens is 126 g/mol. The molecule has 0 bridgehead atoms. The van der Waals surface area contributed by atoms with Crippen LogP contribution >= 0.6 is 0 Å². The largest absolute Gasteiger partial charge is 0.359 e. The Kier molecular flexibility index (Phi) is 3.91. The molecule has 2 nitrogen and oxygen atoms in total. The van der Waals surface area contributed by atoms with Gasteiger partial charge in [-0.15, -0.1) is 0 Å². The van der Waals surface area contributed by atoms with Crippen LogP contribution in [0.4, 0.5) is 0 Å². The lowest BCUT2D eigenvalue weighted by Gasteiger charge is -2.28. The van der Waals surface area contributed by atoms with Crippen LogP contribution < -0.4 is 5.32 Å². The summed E-state index contributed by atoms with van der Waals surface area (Å²) < 4.78 is 5.57. The van der Waals surface area contributed by atoms with Gasteiger partial charge in [-0.25, -0.2) is 0 Å². The van der Waals surface area contributed by atoms with Gasteiger partial charge in [-0.3, -0.25) is 5.32 Å². The van der Waals surface area contributed by atoms with E-state index in [1.165, 1.54) is 0 Å². The summed E-state index contributed by atoms with van der Waals surface area (Å²) in [6, 6.07) is 0. The van der Waals surface area contributed by atoms with Crippen LogP contribution in [0.3, 0.4) is 0 Å². The highest BCUT2D eigenvalue weighted by atomic mass is 16.5. The smallest absolute Gasteiger partial charge is 0.113 e. The number of ether oxygens (including phenoxy) is 1. The molecule has 0 saturated heterocycles. The van der Waals surface area contributed by atoms with Crippen molar-refractivity contribution in [3.63, 3.8) is 0 Å². The van der Waals surface area contributed by atoms with Crippen molar-refractivity contribution in [1.82, 2.24) is 5.32 Å². The molecule has 2 heteroatoms. The van der Waals surface area contributed by atoms with E-state index in [4.69, 9.17) is 4.74 Å². The standard InChI is InChI=1S/C8H19NO/c1-6-9-8(4,5)10-7(2)3/h7,9H,6H2,1-5H3. The van der Waals surface area contributed by atoms with Gasteiger partial charge in [0.25, 0.3) is 0 Å². The summed E-state index contributed by atoms with van der Waals surface area (Å²) in [7, 11) is 0. The summed E-state index contributed by atoms with van der Waals surface area (Å²) in [5.74, 6) is 0. The molecule has 0 atom stereocenters. The van der Waals surface area contributed by atoms with Gasteiger partial charge < -0.3 is 4.74 Å². The molecule has 0 aliphatic heterocycles. The van der Waals surface area contributed by atoms with Crippen LogP contribution in [0.2, 0.25) is 0 Å². The van der Waals surface area contributed by atoms with Gasteiger partial charge >= 0.3 is 0 Å². The lowest BCUT2D eigenvalue weighted by Crippen LogP contribution is -2.43. The van der Waals surface area contributed by atoms with Crippen LogP contribution in [0.15, 0.2) is 0 Å². The fraction of sp³-hybridized carbons (Fsp3) is 1.00. The van der Waals surface area contributed by atoms with E-state index in [1.807, 2.05) is 27.7 Å². The molecule has 0 radical (unpaired) electrons. The highest BCUT2D eigenvalue weighted by Crippen LogP contribution is 2.06. The molecule has 0 aliphatic carbocycles. The summed E-state index contributed by atoms with van der Waals surface area (Å²) in [5, 5.41) is 3.23. The van der Waals surface area contributed by atoms with E-state index in [-0.39, 0.29) is 11.8 Å². The maximum Gasteiger partial charge on any atom is 0.113 e. The summed E-state index contributed by atoms with van der Waals surface area (Å²) in [5.41, 5.74) is -0.178. The van der Waals surface area contributed by atoms with Gasteiger partial charge in [0.1, 0.15) is 5.72 Å². The van der Waals surface area contributed by atoms with Gasteiger partial charge in [0.15, 0.2) is 0 Å². The minimum Gasteiger partial charge on any atom is -0.359 e. The van der Waals surface area contributed by atoms with Crippen LogP contribution in [-0.4, -0.2) is 18.4 Å². The Morgan fingerprint density at radius 2 is 1.90 bits per heavy atom. The van der Waals surface area contributed by atoms with Gasteiger partial charge in [-0.2, -0.15) is 0 Å². The first-order chi connectivity index (χ1) is 4.48. The Morgan fingerprint density at radius 1 is 1.40 bits per heavy atom. The van der Waals surface area contributed by atoms with E-state index in [1.54, 1.807) is 0 Å². The minimum atomic E-state index is -0.178. The van der Waals surface area contributed by atoms with Crippen LogP contribution in [0.5, 0.6) is 0 Å². The van der Waals surface area contributed by atoms with Gasteiger partial charge in [-0.1, -0.05) is 6.92 Å². The Balaban J connectivity index is 3.63. The summed E-state index contributed by atoms with van der Waals surface area (Å²) in [4.78, 5) is 0.